The molecule has 0 aliphatic carbocycles. The number of hydrogen-bond donors (Lipinski definition) is 0. The van der Waals surface area contributed by atoms with Crippen LogP contribution < -0.4 is 0 Å². The third-order valence-corrected chi connectivity index (χ3v) is 18.4. The quantitative estimate of drug-likeness (QED) is 0.166. The molecule has 0 N–H and O–H groups in total. The summed E-state index contributed by atoms with van der Waals surface area (Å²) in [5.74, 6) is 0. The molecule has 0 unspecified atom stereocenters. The lowest BCUT2D eigenvalue weighted by Gasteiger charge is -2.27. The van der Waals surface area contributed by atoms with Gasteiger partial charge in [0.05, 0.1) is 66.9 Å². The molecule has 0 spiro atoms. The van der Waals surface area contributed by atoms with Gasteiger partial charge < -0.3 is 27.1 Å². The first-order valence-electron chi connectivity index (χ1n) is 29.5. The number of benzene rings is 13. The first kappa shape index (κ1) is 48.1. The van der Waals surface area contributed by atoms with Crippen molar-refractivity contribution in [3.63, 3.8) is 0 Å². The van der Waals surface area contributed by atoms with Gasteiger partial charge in [0.2, 0.25) is 0 Å². The summed E-state index contributed by atoms with van der Waals surface area (Å²) in [6.07, 6.45) is 0. The van der Waals surface area contributed by atoms with Crippen molar-refractivity contribution < 1.29 is 8.83 Å². The van der Waals surface area contributed by atoms with Crippen molar-refractivity contribution in [1.82, 2.24) is 18.3 Å². The van der Waals surface area contributed by atoms with Crippen molar-refractivity contribution in [2.24, 2.45) is 0 Å². The smallest absolute Gasteiger partial charge is 0.136 e. The van der Waals surface area contributed by atoms with Crippen LogP contribution in [0.3, 0.4) is 0 Å². The Balaban J connectivity index is 1.08. The molecule has 19 aromatic rings. The fourth-order valence-electron chi connectivity index (χ4n) is 14.9. The second kappa shape index (κ2) is 18.1. The molecule has 6 heterocycles. The Bertz CT molecular complexity index is 5940. The van der Waals surface area contributed by atoms with Gasteiger partial charge in [-0.15, -0.1) is 0 Å². The van der Waals surface area contributed by atoms with Gasteiger partial charge in [0, 0.05) is 64.6 Å². The van der Waals surface area contributed by atoms with Crippen LogP contribution in [0, 0.1) is 22.7 Å². The van der Waals surface area contributed by atoms with Crippen molar-refractivity contribution in [3.05, 3.63) is 278 Å². The second-order valence-electron chi connectivity index (χ2n) is 22.8. The number of hydrogen-bond acceptors (Lipinski definition) is 4. The molecule has 0 fully saturated rings. The number of aromatic nitrogens is 4. The number of furan rings is 2. The summed E-state index contributed by atoms with van der Waals surface area (Å²) < 4.78 is 22.4. The first-order valence-corrected chi connectivity index (χ1v) is 29.5. The van der Waals surface area contributed by atoms with Crippen molar-refractivity contribution in [3.8, 4) is 57.1 Å². The Hall–Kier alpha value is -12.4. The summed E-state index contributed by atoms with van der Waals surface area (Å²) in [7, 11) is 0. The molecular weight excluding hydrogens is 1080 g/mol. The van der Waals surface area contributed by atoms with Gasteiger partial charge in [-0.05, 0) is 107 Å². The standard InChI is InChI=1S/C80H44N6O2/c81-45-59-77(83-61-29-13-7-23-51(61)57-43-49(35-37-65(57)83)47-19-3-1-4-20-47)79(85-63-31-15-9-25-53(63)73-67(85)39-41-71-75(73)55-27-11-17-33-69(55)87-71)60(46-82)78(84-62-30-14-8-24-52(62)58-44-50(36-38-66(58)84)48-21-5-2-6-22-48)80(59)86-64-32-16-10-26-54(64)74-68(86)40-42-72-76(74)56-28-12-18-34-70(56)88-72/h1-44H. The summed E-state index contributed by atoms with van der Waals surface area (Å²) >= 11 is 0. The Morgan fingerprint density at radius 1 is 0.227 bits per heavy atom. The summed E-state index contributed by atoms with van der Waals surface area (Å²) in [5, 5.41) is 38.1. The Morgan fingerprint density at radius 3 is 0.932 bits per heavy atom. The van der Waals surface area contributed by atoms with Gasteiger partial charge in [0.25, 0.3) is 0 Å². The lowest BCUT2D eigenvalue weighted by molar-refractivity contribution is 0.669. The molecule has 0 saturated carbocycles. The maximum atomic E-state index is 13.1. The van der Waals surface area contributed by atoms with E-state index in [1.807, 2.05) is 36.4 Å². The van der Waals surface area contributed by atoms with Gasteiger partial charge in [-0.25, -0.2) is 0 Å². The van der Waals surface area contributed by atoms with E-state index >= 15 is 0 Å². The second-order valence-corrected chi connectivity index (χ2v) is 22.8. The molecule has 19 rings (SSSR count). The zero-order valence-corrected chi connectivity index (χ0v) is 46.9. The topological polar surface area (TPSA) is 93.6 Å². The highest BCUT2D eigenvalue weighted by atomic mass is 16.3. The van der Waals surface area contributed by atoms with Crippen molar-refractivity contribution in [2.45, 2.75) is 0 Å². The highest BCUT2D eigenvalue weighted by Crippen LogP contribution is 2.51. The highest BCUT2D eigenvalue weighted by Gasteiger charge is 2.35. The molecular formula is C80H44N6O2. The largest absolute Gasteiger partial charge is 0.456 e. The molecule has 6 aromatic heterocycles. The number of nitriles is 2. The normalized spacial score (nSPS) is 12.1. The fraction of sp³-hybridized carbons (Fsp3) is 0. The van der Waals surface area contributed by atoms with Crippen LogP contribution in [0.5, 0.6) is 0 Å². The maximum Gasteiger partial charge on any atom is 0.136 e. The van der Waals surface area contributed by atoms with Gasteiger partial charge in [-0.3, -0.25) is 0 Å². The maximum absolute atomic E-state index is 13.1. The van der Waals surface area contributed by atoms with E-state index in [9.17, 15) is 10.5 Å². The third kappa shape index (κ3) is 6.44. The number of para-hydroxylation sites is 6. The minimum atomic E-state index is 0.367. The molecule has 88 heavy (non-hydrogen) atoms. The molecule has 0 amide bonds. The number of fused-ring (bicyclic) bond motifs is 20. The Morgan fingerprint density at radius 2 is 0.534 bits per heavy atom. The van der Waals surface area contributed by atoms with E-state index in [1.54, 1.807) is 0 Å². The fourth-order valence-corrected chi connectivity index (χ4v) is 14.9. The Kier molecular flexibility index (Phi) is 9.87. The predicted octanol–water partition coefficient (Wildman–Crippen LogP) is 21.0. The summed E-state index contributed by atoms with van der Waals surface area (Å²) in [5.41, 5.74) is 17.3. The van der Waals surface area contributed by atoms with Gasteiger partial charge >= 0.3 is 0 Å². The van der Waals surface area contributed by atoms with E-state index in [-0.39, 0.29) is 0 Å². The van der Waals surface area contributed by atoms with Crippen molar-refractivity contribution in [1.29, 1.82) is 10.5 Å². The highest BCUT2D eigenvalue weighted by molar-refractivity contribution is 6.29. The van der Waals surface area contributed by atoms with Crippen molar-refractivity contribution >= 4 is 131 Å². The van der Waals surface area contributed by atoms with Crippen LogP contribution in [-0.4, -0.2) is 18.3 Å². The van der Waals surface area contributed by atoms with Crippen LogP contribution in [0.2, 0.25) is 0 Å². The molecule has 13 aromatic carbocycles. The lowest BCUT2D eigenvalue weighted by atomic mass is 9.98. The third-order valence-electron chi connectivity index (χ3n) is 18.4. The SMILES string of the molecule is N#Cc1c(-n2c3ccccc3c3cc(-c4ccccc4)ccc32)c(-n2c3ccccc3c3c4c(ccc32)oc2ccccc24)c(C#N)c(-n2c3ccccc3c3cc(-c4ccccc4)ccc32)c1-n1c2ccccc2c2c3c(ccc21)oc1ccccc13. The number of nitrogens with zero attached hydrogens (tertiary/aromatic N) is 6. The molecule has 8 heteroatoms. The van der Waals surface area contributed by atoms with E-state index in [0.717, 1.165) is 153 Å². The average molecular weight is 1120 g/mol. The molecule has 406 valence electrons. The molecule has 0 bridgehead atoms. The van der Waals surface area contributed by atoms with Crippen LogP contribution in [0.25, 0.3) is 176 Å². The van der Waals surface area contributed by atoms with Crippen molar-refractivity contribution in [2.75, 3.05) is 0 Å². The van der Waals surface area contributed by atoms with E-state index in [0.29, 0.717) is 33.9 Å². The lowest BCUT2D eigenvalue weighted by Crippen LogP contribution is -2.16. The summed E-state index contributed by atoms with van der Waals surface area (Å²) in [6.45, 7) is 0. The summed E-state index contributed by atoms with van der Waals surface area (Å²) in [6, 6.07) is 98.9. The minimum Gasteiger partial charge on any atom is -0.456 e. The van der Waals surface area contributed by atoms with E-state index in [1.165, 1.54) is 0 Å². The average Bonchev–Trinajstić information content (AvgIpc) is 1.52. The van der Waals surface area contributed by atoms with Crippen LogP contribution in [0.4, 0.5) is 0 Å². The van der Waals surface area contributed by atoms with Crippen LogP contribution in [-0.2, 0) is 0 Å². The first-order chi connectivity index (χ1) is 43.6. The van der Waals surface area contributed by atoms with Crippen LogP contribution >= 0.6 is 0 Å². The molecule has 8 nitrogen and oxygen atoms in total. The van der Waals surface area contributed by atoms with Gasteiger partial charge in [0.15, 0.2) is 0 Å². The molecule has 0 atom stereocenters. The minimum absolute atomic E-state index is 0.367. The van der Waals surface area contributed by atoms with E-state index in [4.69, 9.17) is 8.83 Å². The molecule has 0 radical (unpaired) electrons. The molecule has 0 saturated heterocycles. The van der Waals surface area contributed by atoms with Gasteiger partial charge in [-0.1, -0.05) is 182 Å². The monoisotopic (exact) mass is 1120 g/mol. The zero-order chi connectivity index (χ0) is 57.9. The summed E-state index contributed by atoms with van der Waals surface area (Å²) in [4.78, 5) is 0. The van der Waals surface area contributed by atoms with Gasteiger partial charge in [-0.2, -0.15) is 10.5 Å². The predicted molar refractivity (Wildman–Crippen MR) is 359 cm³/mol. The van der Waals surface area contributed by atoms with E-state index < -0.39 is 0 Å². The van der Waals surface area contributed by atoms with Crippen LogP contribution in [0.15, 0.2) is 276 Å². The molecule has 0 aliphatic rings. The molecule has 0 aliphatic heterocycles. The van der Waals surface area contributed by atoms with Gasteiger partial charge in [0.1, 0.15) is 45.6 Å². The van der Waals surface area contributed by atoms with Crippen LogP contribution in [0.1, 0.15) is 11.1 Å². The van der Waals surface area contributed by atoms with E-state index in [2.05, 4.69) is 261 Å². The number of rotatable bonds is 6. The zero-order valence-electron chi connectivity index (χ0n) is 46.9. The Labute approximate surface area is 501 Å².